The van der Waals surface area contributed by atoms with Crippen molar-refractivity contribution in [3.8, 4) is 0 Å². The third-order valence-corrected chi connectivity index (χ3v) is 4.77. The van der Waals surface area contributed by atoms with Crippen molar-refractivity contribution in [3.63, 3.8) is 0 Å². The monoisotopic (exact) mass is 267 g/mol. The molecule has 2 unspecified atom stereocenters. The second kappa shape index (κ2) is 8.23. The molecule has 1 N–H and O–H groups in total. The molecule has 2 aliphatic heterocycles. The maximum Gasteiger partial charge on any atom is 0.0169 e. The highest BCUT2D eigenvalue weighted by atomic mass is 15.2. The van der Waals surface area contributed by atoms with E-state index in [9.17, 15) is 0 Å². The van der Waals surface area contributed by atoms with E-state index in [0.29, 0.717) is 6.04 Å². The molecule has 0 aromatic heterocycles. The number of likely N-dealkylation sites (tertiary alicyclic amines) is 2. The molecule has 0 aromatic carbocycles. The Labute approximate surface area is 119 Å². The van der Waals surface area contributed by atoms with Crippen molar-refractivity contribution in [2.45, 2.75) is 64.5 Å². The van der Waals surface area contributed by atoms with E-state index in [4.69, 9.17) is 0 Å². The standard InChI is InChI=1S/C16H33N3/c1-3-18-12-7-8-16(9-13-18)17-15(2)14-19-10-5-4-6-11-19/h15-17H,3-14H2,1-2H3. The molecule has 3 heteroatoms. The van der Waals surface area contributed by atoms with Crippen LogP contribution >= 0.6 is 0 Å². The van der Waals surface area contributed by atoms with Crippen LogP contribution in [0.1, 0.15) is 52.4 Å². The highest BCUT2D eigenvalue weighted by molar-refractivity contribution is 4.79. The highest BCUT2D eigenvalue weighted by Gasteiger charge is 2.19. The minimum absolute atomic E-state index is 0.649. The first-order chi connectivity index (χ1) is 9.28. The van der Waals surface area contributed by atoms with E-state index in [-0.39, 0.29) is 0 Å². The predicted molar refractivity (Wildman–Crippen MR) is 82.6 cm³/mol. The summed E-state index contributed by atoms with van der Waals surface area (Å²) in [7, 11) is 0. The maximum absolute atomic E-state index is 3.88. The van der Waals surface area contributed by atoms with Crippen molar-refractivity contribution in [1.82, 2.24) is 15.1 Å². The molecule has 0 aliphatic carbocycles. The molecule has 2 saturated heterocycles. The Hall–Kier alpha value is -0.120. The van der Waals surface area contributed by atoms with Crippen molar-refractivity contribution < 1.29 is 0 Å². The minimum Gasteiger partial charge on any atom is -0.310 e. The Kier molecular flexibility index (Phi) is 6.62. The summed E-state index contributed by atoms with van der Waals surface area (Å²) < 4.78 is 0. The Morgan fingerprint density at radius 1 is 0.947 bits per heavy atom. The van der Waals surface area contributed by atoms with Crippen LogP contribution in [0.2, 0.25) is 0 Å². The van der Waals surface area contributed by atoms with E-state index in [0.717, 1.165) is 6.04 Å². The van der Waals surface area contributed by atoms with Gasteiger partial charge in [0.1, 0.15) is 0 Å². The Bertz CT molecular complexity index is 238. The maximum atomic E-state index is 3.88. The first-order valence-electron chi connectivity index (χ1n) is 8.48. The van der Waals surface area contributed by atoms with E-state index in [1.807, 2.05) is 0 Å². The molecule has 3 nitrogen and oxygen atoms in total. The minimum atomic E-state index is 0.649. The molecule has 2 fully saturated rings. The lowest BCUT2D eigenvalue weighted by Gasteiger charge is -2.31. The van der Waals surface area contributed by atoms with Crippen LogP contribution in [0.4, 0.5) is 0 Å². The van der Waals surface area contributed by atoms with Gasteiger partial charge < -0.3 is 15.1 Å². The zero-order chi connectivity index (χ0) is 13.5. The van der Waals surface area contributed by atoms with Crippen LogP contribution in [0.15, 0.2) is 0 Å². The third kappa shape index (κ3) is 5.41. The first kappa shape index (κ1) is 15.3. The number of hydrogen-bond donors (Lipinski definition) is 1. The summed E-state index contributed by atoms with van der Waals surface area (Å²) in [4.78, 5) is 5.24. The predicted octanol–water partition coefficient (Wildman–Crippen LogP) is 2.32. The summed E-state index contributed by atoms with van der Waals surface area (Å²) in [6.07, 6.45) is 8.30. The van der Waals surface area contributed by atoms with Crippen LogP contribution < -0.4 is 5.32 Å². The van der Waals surface area contributed by atoms with Gasteiger partial charge in [-0.15, -0.1) is 0 Å². The summed E-state index contributed by atoms with van der Waals surface area (Å²) in [6.45, 7) is 12.3. The van der Waals surface area contributed by atoms with Gasteiger partial charge in [0, 0.05) is 18.6 Å². The topological polar surface area (TPSA) is 18.5 Å². The van der Waals surface area contributed by atoms with Crippen LogP contribution in [0.5, 0.6) is 0 Å². The average molecular weight is 267 g/mol. The molecular weight excluding hydrogens is 234 g/mol. The molecule has 0 bridgehead atoms. The molecule has 0 aromatic rings. The SMILES string of the molecule is CCN1CCCC(NC(C)CN2CCCCC2)CC1. The second-order valence-electron chi connectivity index (χ2n) is 6.49. The van der Waals surface area contributed by atoms with Crippen LogP contribution in [-0.2, 0) is 0 Å². The van der Waals surface area contributed by atoms with Gasteiger partial charge in [-0.25, -0.2) is 0 Å². The molecule has 0 saturated carbocycles. The normalized spacial score (nSPS) is 29.1. The van der Waals surface area contributed by atoms with Crippen molar-refractivity contribution in [2.75, 3.05) is 39.3 Å². The van der Waals surface area contributed by atoms with Crippen molar-refractivity contribution in [2.24, 2.45) is 0 Å². The lowest BCUT2D eigenvalue weighted by Crippen LogP contribution is -2.45. The van der Waals surface area contributed by atoms with Crippen LogP contribution in [0, 0.1) is 0 Å². The van der Waals surface area contributed by atoms with E-state index in [1.54, 1.807) is 0 Å². The van der Waals surface area contributed by atoms with Crippen LogP contribution in [-0.4, -0.2) is 61.2 Å². The molecule has 112 valence electrons. The van der Waals surface area contributed by atoms with Gasteiger partial charge in [0.2, 0.25) is 0 Å². The van der Waals surface area contributed by atoms with E-state index >= 15 is 0 Å². The third-order valence-electron chi connectivity index (χ3n) is 4.77. The molecule has 0 amide bonds. The quantitative estimate of drug-likeness (QED) is 0.825. The van der Waals surface area contributed by atoms with Gasteiger partial charge in [0.15, 0.2) is 0 Å². The molecule has 0 radical (unpaired) electrons. The lowest BCUT2D eigenvalue weighted by molar-refractivity contribution is 0.202. The Morgan fingerprint density at radius 2 is 1.68 bits per heavy atom. The molecule has 2 rings (SSSR count). The van der Waals surface area contributed by atoms with Crippen LogP contribution in [0.3, 0.4) is 0 Å². The molecule has 2 aliphatic rings. The first-order valence-corrected chi connectivity index (χ1v) is 8.48. The molecule has 2 atom stereocenters. The second-order valence-corrected chi connectivity index (χ2v) is 6.49. The fourth-order valence-electron chi connectivity index (χ4n) is 3.62. The number of rotatable bonds is 5. The fourth-order valence-corrected chi connectivity index (χ4v) is 3.62. The fraction of sp³-hybridized carbons (Fsp3) is 1.00. The zero-order valence-corrected chi connectivity index (χ0v) is 13.0. The van der Waals surface area contributed by atoms with Gasteiger partial charge in [-0.3, -0.25) is 0 Å². The molecule has 2 heterocycles. The summed E-state index contributed by atoms with van der Waals surface area (Å²) in [6, 6.07) is 1.40. The summed E-state index contributed by atoms with van der Waals surface area (Å²) in [5.41, 5.74) is 0. The number of nitrogens with zero attached hydrogens (tertiary/aromatic N) is 2. The van der Waals surface area contributed by atoms with E-state index in [1.165, 1.54) is 77.8 Å². The molecule has 0 spiro atoms. The average Bonchev–Trinajstić information content (AvgIpc) is 2.65. The van der Waals surface area contributed by atoms with E-state index in [2.05, 4.69) is 29.0 Å². The highest BCUT2D eigenvalue weighted by Crippen LogP contribution is 2.13. The van der Waals surface area contributed by atoms with Gasteiger partial charge in [0.05, 0.1) is 0 Å². The Balaban J connectivity index is 1.67. The summed E-state index contributed by atoms with van der Waals surface area (Å²) >= 11 is 0. The van der Waals surface area contributed by atoms with Gasteiger partial charge in [-0.05, 0) is 71.8 Å². The lowest BCUT2D eigenvalue weighted by atomic mass is 10.1. The van der Waals surface area contributed by atoms with Gasteiger partial charge >= 0.3 is 0 Å². The number of hydrogen-bond acceptors (Lipinski definition) is 3. The molecule has 19 heavy (non-hydrogen) atoms. The van der Waals surface area contributed by atoms with Crippen molar-refractivity contribution >= 4 is 0 Å². The van der Waals surface area contributed by atoms with Crippen molar-refractivity contribution in [3.05, 3.63) is 0 Å². The Morgan fingerprint density at radius 3 is 2.42 bits per heavy atom. The largest absolute Gasteiger partial charge is 0.310 e. The number of nitrogens with one attached hydrogen (secondary N) is 1. The summed E-state index contributed by atoms with van der Waals surface area (Å²) in [5, 5.41) is 3.88. The van der Waals surface area contributed by atoms with E-state index < -0.39 is 0 Å². The van der Waals surface area contributed by atoms with Gasteiger partial charge in [-0.1, -0.05) is 13.3 Å². The van der Waals surface area contributed by atoms with Crippen LogP contribution in [0.25, 0.3) is 0 Å². The summed E-state index contributed by atoms with van der Waals surface area (Å²) in [5.74, 6) is 0. The smallest absolute Gasteiger partial charge is 0.0169 e. The number of piperidine rings is 1. The van der Waals surface area contributed by atoms with Crippen molar-refractivity contribution in [1.29, 1.82) is 0 Å². The zero-order valence-electron chi connectivity index (χ0n) is 13.0. The van der Waals surface area contributed by atoms with Gasteiger partial charge in [0.25, 0.3) is 0 Å². The molecular formula is C16H33N3. The van der Waals surface area contributed by atoms with Gasteiger partial charge in [-0.2, -0.15) is 0 Å².